The molecule has 3 nitrogen and oxygen atoms in total. The van der Waals surface area contributed by atoms with E-state index in [9.17, 15) is 4.79 Å². The number of carboxylic acids is 1. The van der Waals surface area contributed by atoms with E-state index in [1.54, 1.807) is 12.1 Å². The summed E-state index contributed by atoms with van der Waals surface area (Å²) in [5, 5.41) is 9.08. The summed E-state index contributed by atoms with van der Waals surface area (Å²) < 4.78 is 6.51. The summed E-state index contributed by atoms with van der Waals surface area (Å²) in [6.45, 7) is 0. The third-order valence-electron chi connectivity index (χ3n) is 3.67. The third-order valence-corrected chi connectivity index (χ3v) is 4.13. The van der Waals surface area contributed by atoms with Crippen molar-refractivity contribution in [3.8, 4) is 11.5 Å². The fourth-order valence-electron chi connectivity index (χ4n) is 2.65. The molecule has 0 spiro atoms. The molecule has 1 aliphatic rings. The SMILES string of the molecule is O=C(O)c1cc(Br)cc(Oc2ccc3c(c2)CCCC3)c1. The van der Waals surface area contributed by atoms with E-state index >= 15 is 0 Å². The van der Waals surface area contributed by atoms with Gasteiger partial charge in [0.25, 0.3) is 0 Å². The highest BCUT2D eigenvalue weighted by Crippen LogP contribution is 2.30. The summed E-state index contributed by atoms with van der Waals surface area (Å²) in [6.07, 6.45) is 4.69. The average Bonchev–Trinajstić information content (AvgIpc) is 2.46. The maximum Gasteiger partial charge on any atom is 0.335 e. The molecule has 4 heteroatoms. The van der Waals surface area contributed by atoms with Gasteiger partial charge in [-0.2, -0.15) is 0 Å². The number of aryl methyl sites for hydroxylation is 2. The summed E-state index contributed by atoms with van der Waals surface area (Å²) in [6, 6.07) is 11.0. The number of fused-ring (bicyclic) bond motifs is 1. The molecule has 0 radical (unpaired) electrons. The fourth-order valence-corrected chi connectivity index (χ4v) is 3.13. The van der Waals surface area contributed by atoms with Gasteiger partial charge in [0.05, 0.1) is 5.56 Å². The van der Waals surface area contributed by atoms with E-state index in [2.05, 4.69) is 28.1 Å². The van der Waals surface area contributed by atoms with Gasteiger partial charge in [-0.3, -0.25) is 0 Å². The van der Waals surface area contributed by atoms with E-state index in [0.717, 1.165) is 18.6 Å². The first-order valence-electron chi connectivity index (χ1n) is 6.95. The second-order valence-electron chi connectivity index (χ2n) is 5.22. The van der Waals surface area contributed by atoms with E-state index in [-0.39, 0.29) is 5.56 Å². The van der Waals surface area contributed by atoms with Crippen molar-refractivity contribution in [1.29, 1.82) is 0 Å². The standard InChI is InChI=1S/C17H15BrO3/c18-14-7-13(17(19)20)9-16(10-14)21-15-6-5-11-3-1-2-4-12(11)8-15/h5-10H,1-4H2,(H,19,20). The molecule has 0 unspecified atom stereocenters. The van der Waals surface area contributed by atoms with Gasteiger partial charge in [-0.15, -0.1) is 0 Å². The molecule has 3 rings (SSSR count). The highest BCUT2D eigenvalue weighted by atomic mass is 79.9. The Kier molecular flexibility index (Phi) is 3.97. The molecule has 0 saturated carbocycles. The van der Waals surface area contributed by atoms with Crippen LogP contribution in [0.25, 0.3) is 0 Å². The largest absolute Gasteiger partial charge is 0.478 e. The van der Waals surface area contributed by atoms with E-state index in [1.165, 1.54) is 30.0 Å². The molecule has 2 aromatic rings. The Morgan fingerprint density at radius 3 is 2.52 bits per heavy atom. The number of hydrogen-bond donors (Lipinski definition) is 1. The number of carboxylic acid groups (broad SMARTS) is 1. The molecule has 0 amide bonds. The van der Waals surface area contributed by atoms with Crippen LogP contribution in [0.15, 0.2) is 40.9 Å². The molecular weight excluding hydrogens is 332 g/mol. The van der Waals surface area contributed by atoms with Crippen LogP contribution in [0.1, 0.15) is 34.3 Å². The van der Waals surface area contributed by atoms with Crippen LogP contribution in [0.2, 0.25) is 0 Å². The molecule has 2 aromatic carbocycles. The fraction of sp³-hybridized carbons (Fsp3) is 0.235. The van der Waals surface area contributed by atoms with Crippen LogP contribution < -0.4 is 4.74 Å². The van der Waals surface area contributed by atoms with Gasteiger partial charge in [0.2, 0.25) is 0 Å². The zero-order chi connectivity index (χ0) is 14.8. The Hall–Kier alpha value is -1.81. The lowest BCUT2D eigenvalue weighted by molar-refractivity contribution is 0.0696. The topological polar surface area (TPSA) is 46.5 Å². The van der Waals surface area contributed by atoms with Gasteiger partial charge >= 0.3 is 5.97 Å². The lowest BCUT2D eigenvalue weighted by atomic mass is 9.92. The zero-order valence-corrected chi connectivity index (χ0v) is 13.0. The van der Waals surface area contributed by atoms with E-state index in [0.29, 0.717) is 10.2 Å². The van der Waals surface area contributed by atoms with Gasteiger partial charge in [0, 0.05) is 4.47 Å². The quantitative estimate of drug-likeness (QED) is 0.866. The van der Waals surface area contributed by atoms with Crippen molar-refractivity contribution in [2.24, 2.45) is 0 Å². The molecule has 0 aromatic heterocycles. The summed E-state index contributed by atoms with van der Waals surface area (Å²) in [7, 11) is 0. The monoisotopic (exact) mass is 346 g/mol. The van der Waals surface area contributed by atoms with Crippen molar-refractivity contribution < 1.29 is 14.6 Å². The Morgan fingerprint density at radius 1 is 1.00 bits per heavy atom. The Bertz CT molecular complexity index is 694. The molecule has 0 atom stereocenters. The van der Waals surface area contributed by atoms with Crippen molar-refractivity contribution in [3.05, 3.63) is 57.6 Å². The van der Waals surface area contributed by atoms with Gasteiger partial charge in [-0.25, -0.2) is 4.79 Å². The Labute approximate surface area is 131 Å². The molecule has 0 aliphatic heterocycles. The van der Waals surface area contributed by atoms with Crippen LogP contribution in [0.3, 0.4) is 0 Å². The first-order chi connectivity index (χ1) is 10.1. The number of aromatic carboxylic acids is 1. The van der Waals surface area contributed by atoms with Crippen molar-refractivity contribution in [2.45, 2.75) is 25.7 Å². The summed E-state index contributed by atoms with van der Waals surface area (Å²) in [4.78, 5) is 11.1. The lowest BCUT2D eigenvalue weighted by Crippen LogP contribution is -2.02. The van der Waals surface area contributed by atoms with Crippen LogP contribution in [0.4, 0.5) is 0 Å². The predicted molar refractivity (Wildman–Crippen MR) is 84.3 cm³/mol. The number of carbonyl (C=O) groups is 1. The molecule has 0 bridgehead atoms. The number of rotatable bonds is 3. The molecule has 1 N–H and O–H groups in total. The van der Waals surface area contributed by atoms with E-state index < -0.39 is 5.97 Å². The molecule has 0 saturated heterocycles. The Balaban J connectivity index is 1.88. The van der Waals surface area contributed by atoms with Gasteiger partial charge < -0.3 is 9.84 Å². The molecule has 0 fully saturated rings. The maximum atomic E-state index is 11.1. The minimum Gasteiger partial charge on any atom is -0.478 e. The third kappa shape index (κ3) is 3.27. The molecule has 108 valence electrons. The molecule has 0 heterocycles. The summed E-state index contributed by atoms with van der Waals surface area (Å²) in [5.74, 6) is 0.314. The van der Waals surface area contributed by atoms with Gasteiger partial charge in [0.15, 0.2) is 0 Å². The van der Waals surface area contributed by atoms with Gasteiger partial charge in [-0.05, 0) is 67.1 Å². The van der Waals surface area contributed by atoms with Crippen LogP contribution in [0, 0.1) is 0 Å². The first kappa shape index (κ1) is 14.1. The summed E-state index contributed by atoms with van der Waals surface area (Å²) >= 11 is 3.31. The second-order valence-corrected chi connectivity index (χ2v) is 6.14. The van der Waals surface area contributed by atoms with Gasteiger partial charge in [0.1, 0.15) is 11.5 Å². The normalized spacial score (nSPS) is 13.6. The molecule has 1 aliphatic carbocycles. The number of benzene rings is 2. The maximum absolute atomic E-state index is 11.1. The van der Waals surface area contributed by atoms with Crippen LogP contribution in [0.5, 0.6) is 11.5 Å². The minimum atomic E-state index is -0.966. The highest BCUT2D eigenvalue weighted by Gasteiger charge is 2.11. The number of ether oxygens (including phenoxy) is 1. The van der Waals surface area contributed by atoms with Crippen LogP contribution in [-0.2, 0) is 12.8 Å². The van der Waals surface area contributed by atoms with E-state index in [4.69, 9.17) is 9.84 Å². The van der Waals surface area contributed by atoms with Crippen molar-refractivity contribution in [2.75, 3.05) is 0 Å². The second kappa shape index (κ2) is 5.90. The predicted octanol–water partition coefficient (Wildman–Crippen LogP) is 4.82. The average molecular weight is 347 g/mol. The number of halogens is 1. The molecule has 21 heavy (non-hydrogen) atoms. The number of hydrogen-bond acceptors (Lipinski definition) is 2. The van der Waals surface area contributed by atoms with Crippen molar-refractivity contribution in [1.82, 2.24) is 0 Å². The van der Waals surface area contributed by atoms with Crippen molar-refractivity contribution in [3.63, 3.8) is 0 Å². The van der Waals surface area contributed by atoms with Crippen molar-refractivity contribution >= 4 is 21.9 Å². The van der Waals surface area contributed by atoms with E-state index in [1.807, 2.05) is 6.07 Å². The lowest BCUT2D eigenvalue weighted by Gasteiger charge is -2.17. The summed E-state index contributed by atoms with van der Waals surface area (Å²) in [5.41, 5.74) is 2.94. The van der Waals surface area contributed by atoms with Gasteiger partial charge in [-0.1, -0.05) is 22.0 Å². The molecular formula is C17H15BrO3. The van der Waals surface area contributed by atoms with Crippen LogP contribution >= 0.6 is 15.9 Å². The van der Waals surface area contributed by atoms with Crippen LogP contribution in [-0.4, -0.2) is 11.1 Å². The highest BCUT2D eigenvalue weighted by molar-refractivity contribution is 9.10. The minimum absolute atomic E-state index is 0.206. The first-order valence-corrected chi connectivity index (χ1v) is 7.75. The zero-order valence-electron chi connectivity index (χ0n) is 11.4. The smallest absolute Gasteiger partial charge is 0.335 e. The Morgan fingerprint density at radius 2 is 1.76 bits per heavy atom.